The van der Waals surface area contributed by atoms with Gasteiger partial charge in [0.1, 0.15) is 0 Å². The molecular weight excluding hydrogens is 381 g/mol. The number of carboxylic acids is 1. The smallest absolute Gasteiger partial charge is 0.305 e. The average Bonchev–Trinajstić information content (AvgIpc) is 2.31. The largest absolute Gasteiger partial charge is 0.481 e. The van der Waals surface area contributed by atoms with E-state index in [1.165, 1.54) is 0 Å². The fourth-order valence-corrected chi connectivity index (χ4v) is 2.36. The highest BCUT2D eigenvalue weighted by molar-refractivity contribution is 14.1. The predicted molar refractivity (Wildman–Crippen MR) is 82.6 cm³/mol. The van der Waals surface area contributed by atoms with Crippen molar-refractivity contribution >= 4 is 46.1 Å². The van der Waals surface area contributed by atoms with Gasteiger partial charge in [0.2, 0.25) is 0 Å². The summed E-state index contributed by atoms with van der Waals surface area (Å²) < 4.78 is 0.799. The zero-order valence-electron chi connectivity index (χ0n) is 10.7. The van der Waals surface area contributed by atoms with Crippen molar-refractivity contribution in [1.29, 1.82) is 0 Å². The number of carboxylic acid groups (broad SMARTS) is 1. The Hall–Kier alpha value is -0.820. The molecule has 0 atom stereocenters. The van der Waals surface area contributed by atoms with Gasteiger partial charge in [-0.25, -0.2) is 0 Å². The van der Waals surface area contributed by atoms with Crippen molar-refractivity contribution in [2.45, 2.75) is 26.3 Å². The Kier molecular flexibility index (Phi) is 6.06. The number of amides is 1. The third-order valence-corrected chi connectivity index (χ3v) is 3.79. The predicted octanol–water partition coefficient (Wildman–Crippen LogP) is 3.27. The summed E-state index contributed by atoms with van der Waals surface area (Å²) in [5, 5.41) is 9.23. The molecule has 19 heavy (non-hydrogen) atoms. The van der Waals surface area contributed by atoms with E-state index in [1.54, 1.807) is 23.1 Å². The lowest BCUT2D eigenvalue weighted by atomic mass is 10.1. The van der Waals surface area contributed by atoms with Crippen molar-refractivity contribution in [1.82, 2.24) is 4.90 Å². The van der Waals surface area contributed by atoms with Crippen molar-refractivity contribution in [3.05, 3.63) is 32.4 Å². The van der Waals surface area contributed by atoms with Crippen molar-refractivity contribution in [2.75, 3.05) is 6.54 Å². The monoisotopic (exact) mass is 395 g/mol. The second-order valence-electron chi connectivity index (χ2n) is 4.36. The molecule has 0 fully saturated rings. The molecule has 0 saturated heterocycles. The van der Waals surface area contributed by atoms with Crippen LogP contribution in [0.2, 0.25) is 5.02 Å². The van der Waals surface area contributed by atoms with Gasteiger partial charge in [-0.1, -0.05) is 11.6 Å². The molecule has 0 aliphatic heterocycles. The SMILES string of the molecule is CC(C)N(CCC(=O)O)C(=O)c1cc(Cl)ccc1I. The topological polar surface area (TPSA) is 57.6 Å². The Morgan fingerprint density at radius 2 is 2.05 bits per heavy atom. The van der Waals surface area contributed by atoms with Crippen LogP contribution in [0.4, 0.5) is 0 Å². The Morgan fingerprint density at radius 1 is 1.42 bits per heavy atom. The Morgan fingerprint density at radius 3 is 2.58 bits per heavy atom. The van der Waals surface area contributed by atoms with Gasteiger partial charge in [0.25, 0.3) is 5.91 Å². The van der Waals surface area contributed by atoms with Gasteiger partial charge in [0.05, 0.1) is 12.0 Å². The summed E-state index contributed by atoms with van der Waals surface area (Å²) in [6.07, 6.45) is -0.0684. The highest BCUT2D eigenvalue weighted by Gasteiger charge is 2.21. The fraction of sp³-hybridized carbons (Fsp3) is 0.385. The van der Waals surface area contributed by atoms with Crippen LogP contribution in [0.25, 0.3) is 0 Å². The molecule has 0 bridgehead atoms. The maximum atomic E-state index is 12.4. The summed E-state index contributed by atoms with van der Waals surface area (Å²) in [6, 6.07) is 5.03. The number of hydrogen-bond acceptors (Lipinski definition) is 2. The lowest BCUT2D eigenvalue weighted by molar-refractivity contribution is -0.137. The molecule has 0 saturated carbocycles. The molecule has 0 heterocycles. The Bertz CT molecular complexity index is 491. The molecule has 1 amide bonds. The van der Waals surface area contributed by atoms with Crippen molar-refractivity contribution in [3.63, 3.8) is 0 Å². The third-order valence-electron chi connectivity index (χ3n) is 2.61. The van der Waals surface area contributed by atoms with Crippen LogP contribution < -0.4 is 0 Å². The first-order valence-electron chi connectivity index (χ1n) is 5.80. The van der Waals surface area contributed by atoms with Crippen LogP contribution >= 0.6 is 34.2 Å². The number of aliphatic carboxylic acids is 1. The molecule has 0 spiro atoms. The molecule has 0 aliphatic rings. The molecule has 1 aromatic rings. The number of benzene rings is 1. The normalized spacial score (nSPS) is 10.6. The quantitative estimate of drug-likeness (QED) is 0.779. The molecule has 0 aromatic heterocycles. The van der Waals surface area contributed by atoms with Crippen LogP contribution in [0.15, 0.2) is 18.2 Å². The summed E-state index contributed by atoms with van der Waals surface area (Å²) in [4.78, 5) is 24.6. The van der Waals surface area contributed by atoms with Gasteiger partial charge >= 0.3 is 5.97 Å². The van der Waals surface area contributed by atoms with Crippen LogP contribution in [-0.4, -0.2) is 34.5 Å². The summed E-state index contributed by atoms with van der Waals surface area (Å²) in [5.41, 5.74) is 0.507. The molecule has 0 unspecified atom stereocenters. The number of hydrogen-bond donors (Lipinski definition) is 1. The van der Waals surface area contributed by atoms with E-state index in [-0.39, 0.29) is 24.9 Å². The molecule has 1 N–H and O–H groups in total. The van der Waals surface area contributed by atoms with Crippen molar-refractivity contribution < 1.29 is 14.7 Å². The number of halogens is 2. The summed E-state index contributed by atoms with van der Waals surface area (Å²) in [5.74, 6) is -1.11. The number of rotatable bonds is 5. The van der Waals surface area contributed by atoms with Crippen LogP contribution in [-0.2, 0) is 4.79 Å². The minimum absolute atomic E-state index is 0.0679. The van der Waals surface area contributed by atoms with E-state index in [2.05, 4.69) is 22.6 Å². The van der Waals surface area contributed by atoms with Crippen LogP contribution in [0.1, 0.15) is 30.6 Å². The van der Waals surface area contributed by atoms with Gasteiger partial charge in [0.15, 0.2) is 0 Å². The van der Waals surface area contributed by atoms with Gasteiger partial charge in [-0.15, -0.1) is 0 Å². The number of nitrogens with zero attached hydrogens (tertiary/aromatic N) is 1. The Labute approximate surface area is 130 Å². The molecule has 6 heteroatoms. The van der Waals surface area contributed by atoms with E-state index in [4.69, 9.17) is 16.7 Å². The maximum absolute atomic E-state index is 12.4. The van der Waals surface area contributed by atoms with Gasteiger partial charge in [-0.3, -0.25) is 9.59 Å². The van der Waals surface area contributed by atoms with E-state index < -0.39 is 5.97 Å². The minimum atomic E-state index is -0.917. The van der Waals surface area contributed by atoms with Crippen LogP contribution in [0.3, 0.4) is 0 Å². The standard InChI is InChI=1S/C13H15ClINO3/c1-8(2)16(6-5-12(17)18)13(19)10-7-9(14)3-4-11(10)15/h3-4,7-8H,5-6H2,1-2H3,(H,17,18). The lowest BCUT2D eigenvalue weighted by Gasteiger charge is -2.26. The molecule has 4 nitrogen and oxygen atoms in total. The summed E-state index contributed by atoms with van der Waals surface area (Å²) in [7, 11) is 0. The molecule has 0 radical (unpaired) electrons. The highest BCUT2D eigenvalue weighted by Crippen LogP contribution is 2.20. The van der Waals surface area contributed by atoms with Gasteiger partial charge in [-0.2, -0.15) is 0 Å². The van der Waals surface area contributed by atoms with Crippen molar-refractivity contribution in [3.8, 4) is 0 Å². The first-order chi connectivity index (χ1) is 8.82. The number of carbonyl (C=O) groups is 2. The highest BCUT2D eigenvalue weighted by atomic mass is 127. The zero-order valence-corrected chi connectivity index (χ0v) is 13.6. The lowest BCUT2D eigenvalue weighted by Crippen LogP contribution is -2.38. The van der Waals surface area contributed by atoms with E-state index >= 15 is 0 Å². The minimum Gasteiger partial charge on any atom is -0.481 e. The second-order valence-corrected chi connectivity index (χ2v) is 5.96. The molecule has 104 valence electrons. The molecule has 0 aliphatic carbocycles. The first kappa shape index (κ1) is 16.2. The molecule has 1 aromatic carbocycles. The second kappa shape index (κ2) is 7.09. The molecular formula is C13H15ClINO3. The maximum Gasteiger partial charge on any atom is 0.305 e. The van der Waals surface area contributed by atoms with E-state index in [0.29, 0.717) is 10.6 Å². The van der Waals surface area contributed by atoms with Crippen LogP contribution in [0, 0.1) is 3.57 Å². The van der Waals surface area contributed by atoms with E-state index in [9.17, 15) is 9.59 Å². The fourth-order valence-electron chi connectivity index (χ4n) is 1.63. The van der Waals surface area contributed by atoms with E-state index in [1.807, 2.05) is 13.8 Å². The van der Waals surface area contributed by atoms with Gasteiger partial charge < -0.3 is 10.0 Å². The third kappa shape index (κ3) is 4.65. The zero-order chi connectivity index (χ0) is 14.6. The first-order valence-corrected chi connectivity index (χ1v) is 7.26. The summed E-state index contributed by atoms with van der Waals surface area (Å²) >= 11 is 7.97. The van der Waals surface area contributed by atoms with Crippen molar-refractivity contribution in [2.24, 2.45) is 0 Å². The van der Waals surface area contributed by atoms with Crippen LogP contribution in [0.5, 0.6) is 0 Å². The summed E-state index contributed by atoms with van der Waals surface area (Å²) in [6.45, 7) is 3.91. The van der Waals surface area contributed by atoms with E-state index in [0.717, 1.165) is 3.57 Å². The molecule has 1 rings (SSSR count). The van der Waals surface area contributed by atoms with Gasteiger partial charge in [-0.05, 0) is 54.6 Å². The average molecular weight is 396 g/mol. The Balaban J connectivity index is 2.99. The number of carbonyl (C=O) groups excluding carboxylic acids is 1. The van der Waals surface area contributed by atoms with Gasteiger partial charge in [0, 0.05) is 21.2 Å².